The number of ether oxygens (including phenoxy) is 1. The summed E-state index contributed by atoms with van der Waals surface area (Å²) in [6.07, 6.45) is 0. The number of methoxy groups -OCH3 is 1. The van der Waals surface area contributed by atoms with E-state index in [1.165, 1.54) is 4.90 Å². The minimum Gasteiger partial charge on any atom is -0.507 e. The lowest BCUT2D eigenvalue weighted by atomic mass is 9.95. The zero-order chi connectivity index (χ0) is 21.1. The number of carbonyl (C=O) groups excluding carboxylic acids is 2. The average Bonchev–Trinajstić information content (AvgIpc) is 2.97. The highest BCUT2D eigenvalue weighted by molar-refractivity contribution is 6.46. The fraction of sp³-hybridized carbons (Fsp3) is 0.304. The summed E-state index contributed by atoms with van der Waals surface area (Å²) in [7, 11) is 5.39. The Labute approximate surface area is 171 Å². The summed E-state index contributed by atoms with van der Waals surface area (Å²) >= 11 is 0. The molecule has 1 heterocycles. The van der Waals surface area contributed by atoms with Crippen molar-refractivity contribution in [3.05, 3.63) is 70.8 Å². The van der Waals surface area contributed by atoms with Crippen LogP contribution in [0.4, 0.5) is 0 Å². The van der Waals surface area contributed by atoms with Crippen LogP contribution in [0.25, 0.3) is 5.76 Å². The summed E-state index contributed by atoms with van der Waals surface area (Å²) in [5, 5.41) is 11.0. The lowest BCUT2D eigenvalue weighted by molar-refractivity contribution is -0.140. The molecule has 0 radical (unpaired) electrons. The molecule has 1 atom stereocenters. The summed E-state index contributed by atoms with van der Waals surface area (Å²) in [5.41, 5.74) is 2.42. The molecule has 6 nitrogen and oxygen atoms in total. The number of aliphatic hydroxyl groups excluding tert-OH is 1. The van der Waals surface area contributed by atoms with Crippen LogP contribution in [0, 0.1) is 6.92 Å². The molecule has 2 aromatic carbocycles. The number of aliphatic hydroxyl groups is 1. The molecule has 1 aliphatic heterocycles. The van der Waals surface area contributed by atoms with Crippen molar-refractivity contribution in [3.8, 4) is 5.75 Å². The number of likely N-dealkylation sites (N-methyl/N-ethyl adjacent to an activating group) is 1. The van der Waals surface area contributed by atoms with Crippen molar-refractivity contribution < 1.29 is 19.4 Å². The highest BCUT2D eigenvalue weighted by Gasteiger charge is 2.45. The predicted octanol–water partition coefficient (Wildman–Crippen LogP) is 2.99. The lowest BCUT2D eigenvalue weighted by Crippen LogP contribution is -2.35. The fourth-order valence-corrected chi connectivity index (χ4v) is 3.42. The summed E-state index contributed by atoms with van der Waals surface area (Å²) in [4.78, 5) is 29.2. The second-order valence-electron chi connectivity index (χ2n) is 7.43. The second kappa shape index (κ2) is 8.49. The molecule has 1 fully saturated rings. The zero-order valence-electron chi connectivity index (χ0n) is 17.2. The molecule has 0 unspecified atom stereocenters. The Hall–Kier alpha value is -3.12. The van der Waals surface area contributed by atoms with Gasteiger partial charge in [0.1, 0.15) is 11.5 Å². The Morgan fingerprint density at radius 3 is 2.24 bits per heavy atom. The van der Waals surface area contributed by atoms with E-state index in [2.05, 4.69) is 0 Å². The molecule has 0 saturated carbocycles. The summed E-state index contributed by atoms with van der Waals surface area (Å²) < 4.78 is 5.22. The number of rotatable bonds is 6. The first-order chi connectivity index (χ1) is 13.8. The van der Waals surface area contributed by atoms with Crippen LogP contribution in [0.3, 0.4) is 0 Å². The van der Waals surface area contributed by atoms with E-state index in [-0.39, 0.29) is 11.3 Å². The zero-order valence-corrected chi connectivity index (χ0v) is 17.2. The number of benzene rings is 2. The molecule has 0 bridgehead atoms. The smallest absolute Gasteiger partial charge is 0.295 e. The molecule has 2 aromatic rings. The molecular weight excluding hydrogens is 368 g/mol. The Balaban J connectivity index is 2.12. The monoisotopic (exact) mass is 394 g/mol. The van der Waals surface area contributed by atoms with Crippen LogP contribution in [0.2, 0.25) is 0 Å². The van der Waals surface area contributed by atoms with Crippen molar-refractivity contribution in [2.24, 2.45) is 0 Å². The van der Waals surface area contributed by atoms with Gasteiger partial charge in [-0.1, -0.05) is 42.0 Å². The van der Waals surface area contributed by atoms with Gasteiger partial charge in [0.05, 0.1) is 18.7 Å². The van der Waals surface area contributed by atoms with Crippen molar-refractivity contribution in [2.45, 2.75) is 13.0 Å². The molecule has 1 N–H and O–H groups in total. The molecule has 0 aliphatic carbocycles. The molecule has 0 aromatic heterocycles. The number of amides is 1. The minimum atomic E-state index is -0.664. The number of ketones is 1. The van der Waals surface area contributed by atoms with Crippen LogP contribution in [-0.2, 0) is 9.59 Å². The van der Waals surface area contributed by atoms with Crippen molar-refractivity contribution >= 4 is 17.4 Å². The maximum atomic E-state index is 12.9. The standard InChI is InChI=1S/C23H26N2O4/c1-15-5-7-17(8-6-15)21(26)19-20(16-9-11-18(29-4)12-10-16)25(14-13-24(2)3)23(28)22(19)27/h5-12,20,26H,13-14H2,1-4H3/b21-19+/t20-/m0/s1. The van der Waals surface area contributed by atoms with Crippen molar-refractivity contribution in [1.29, 1.82) is 0 Å². The van der Waals surface area contributed by atoms with Crippen LogP contribution in [-0.4, -0.2) is 60.9 Å². The third-order valence-electron chi connectivity index (χ3n) is 5.08. The number of aryl methyl sites for hydroxylation is 1. The van der Waals surface area contributed by atoms with Gasteiger partial charge in [0.2, 0.25) is 0 Å². The Morgan fingerprint density at radius 1 is 1.07 bits per heavy atom. The van der Waals surface area contributed by atoms with Crippen molar-refractivity contribution in [2.75, 3.05) is 34.3 Å². The summed E-state index contributed by atoms with van der Waals surface area (Å²) in [6.45, 7) is 2.92. The van der Waals surface area contributed by atoms with Gasteiger partial charge in [0.15, 0.2) is 0 Å². The molecule has 1 saturated heterocycles. The van der Waals surface area contributed by atoms with E-state index < -0.39 is 17.7 Å². The first kappa shape index (κ1) is 20.6. The molecule has 1 aliphatic rings. The number of Topliss-reactive ketones (excluding diaryl/α,β-unsaturated/α-hetero) is 1. The molecule has 6 heteroatoms. The lowest BCUT2D eigenvalue weighted by Gasteiger charge is -2.26. The molecule has 152 valence electrons. The quantitative estimate of drug-likeness (QED) is 0.463. The van der Waals surface area contributed by atoms with Crippen LogP contribution in [0.5, 0.6) is 5.75 Å². The van der Waals surface area contributed by atoms with Gasteiger partial charge >= 0.3 is 0 Å². The predicted molar refractivity (Wildman–Crippen MR) is 112 cm³/mol. The largest absolute Gasteiger partial charge is 0.507 e. The fourth-order valence-electron chi connectivity index (χ4n) is 3.42. The summed E-state index contributed by atoms with van der Waals surface area (Å²) in [5.74, 6) is -0.738. The van der Waals surface area contributed by atoms with E-state index in [1.54, 1.807) is 31.4 Å². The van der Waals surface area contributed by atoms with Gasteiger partial charge in [-0.2, -0.15) is 0 Å². The van der Waals surface area contributed by atoms with E-state index in [9.17, 15) is 14.7 Å². The average molecular weight is 394 g/mol. The van der Waals surface area contributed by atoms with E-state index >= 15 is 0 Å². The summed E-state index contributed by atoms with van der Waals surface area (Å²) in [6, 6.07) is 13.8. The molecule has 0 spiro atoms. The van der Waals surface area contributed by atoms with Gasteiger partial charge in [0, 0.05) is 18.7 Å². The Kier molecular flexibility index (Phi) is 6.03. The first-order valence-corrected chi connectivity index (χ1v) is 9.47. The number of carbonyl (C=O) groups is 2. The van der Waals surface area contributed by atoms with Gasteiger partial charge in [-0.25, -0.2) is 0 Å². The first-order valence-electron chi connectivity index (χ1n) is 9.47. The minimum absolute atomic E-state index is 0.114. The van der Waals surface area contributed by atoms with Crippen LogP contribution < -0.4 is 4.74 Å². The van der Waals surface area contributed by atoms with E-state index in [1.807, 2.05) is 50.2 Å². The number of hydrogen-bond acceptors (Lipinski definition) is 5. The Morgan fingerprint density at radius 2 is 1.69 bits per heavy atom. The van der Waals surface area contributed by atoms with E-state index in [4.69, 9.17) is 4.74 Å². The van der Waals surface area contributed by atoms with E-state index in [0.717, 1.165) is 11.1 Å². The second-order valence-corrected chi connectivity index (χ2v) is 7.43. The number of nitrogens with zero attached hydrogens (tertiary/aromatic N) is 2. The molecular formula is C23H26N2O4. The third kappa shape index (κ3) is 4.17. The SMILES string of the molecule is COc1ccc([C@H]2/C(=C(\O)c3ccc(C)cc3)C(=O)C(=O)N2CCN(C)C)cc1. The number of hydrogen-bond donors (Lipinski definition) is 1. The topological polar surface area (TPSA) is 70.1 Å². The highest BCUT2D eigenvalue weighted by Crippen LogP contribution is 2.39. The van der Waals surface area contributed by atoms with Gasteiger partial charge in [-0.3, -0.25) is 9.59 Å². The van der Waals surface area contributed by atoms with Crippen LogP contribution in [0.1, 0.15) is 22.7 Å². The molecule has 29 heavy (non-hydrogen) atoms. The van der Waals surface area contributed by atoms with Gasteiger partial charge < -0.3 is 19.6 Å². The van der Waals surface area contributed by atoms with Crippen molar-refractivity contribution in [1.82, 2.24) is 9.80 Å². The Bertz CT molecular complexity index is 930. The van der Waals surface area contributed by atoms with Gasteiger partial charge in [0.25, 0.3) is 11.7 Å². The van der Waals surface area contributed by atoms with Gasteiger partial charge in [-0.05, 0) is 38.7 Å². The van der Waals surface area contributed by atoms with Crippen LogP contribution in [0.15, 0.2) is 54.1 Å². The van der Waals surface area contributed by atoms with Gasteiger partial charge in [-0.15, -0.1) is 0 Å². The molecule has 3 rings (SSSR count). The van der Waals surface area contributed by atoms with E-state index in [0.29, 0.717) is 24.4 Å². The highest BCUT2D eigenvalue weighted by atomic mass is 16.5. The van der Waals surface area contributed by atoms with Crippen molar-refractivity contribution in [3.63, 3.8) is 0 Å². The maximum Gasteiger partial charge on any atom is 0.295 e. The third-order valence-corrected chi connectivity index (χ3v) is 5.08. The number of likely N-dealkylation sites (tertiary alicyclic amines) is 1. The maximum absolute atomic E-state index is 12.9. The van der Waals surface area contributed by atoms with Crippen LogP contribution >= 0.6 is 0 Å². The normalized spacial score (nSPS) is 18.5. The molecule has 1 amide bonds.